The van der Waals surface area contributed by atoms with Gasteiger partial charge in [0.1, 0.15) is 23.7 Å². The number of hydrogen-bond acceptors (Lipinski definition) is 7. The summed E-state index contributed by atoms with van der Waals surface area (Å²) in [6.07, 6.45) is -0.591. The molecule has 0 radical (unpaired) electrons. The second-order valence-corrected chi connectivity index (χ2v) is 7.94. The van der Waals surface area contributed by atoms with Crippen LogP contribution in [-0.2, 0) is 11.2 Å². The van der Waals surface area contributed by atoms with Crippen molar-refractivity contribution < 1.29 is 28.2 Å². The predicted molar refractivity (Wildman–Crippen MR) is 118 cm³/mol. The number of likely N-dealkylation sites (N-methyl/N-ethyl adjacent to an activating group) is 1. The molecule has 0 spiro atoms. The summed E-state index contributed by atoms with van der Waals surface area (Å²) in [5, 5.41) is 12.4. The molecule has 0 saturated carbocycles. The Morgan fingerprint density at radius 2 is 2.03 bits per heavy atom. The molecule has 0 bridgehead atoms. The van der Waals surface area contributed by atoms with E-state index in [9.17, 15) is 24.0 Å². The van der Waals surface area contributed by atoms with Gasteiger partial charge in [-0.1, -0.05) is 0 Å². The van der Waals surface area contributed by atoms with Gasteiger partial charge in [0.05, 0.1) is 19.2 Å². The van der Waals surface area contributed by atoms with E-state index in [1.807, 2.05) is 6.07 Å². The number of benzene rings is 2. The van der Waals surface area contributed by atoms with Crippen molar-refractivity contribution in [1.29, 1.82) is 5.26 Å². The van der Waals surface area contributed by atoms with Gasteiger partial charge in [0, 0.05) is 24.2 Å². The number of imide groups is 1. The summed E-state index contributed by atoms with van der Waals surface area (Å²) in [7, 11) is 3.12. The molecule has 1 atom stereocenters. The molecule has 1 saturated heterocycles. The summed E-state index contributed by atoms with van der Waals surface area (Å²) in [4.78, 5) is 39.7. The number of nitrogens with zero attached hydrogens (tertiary/aromatic N) is 3. The zero-order valence-corrected chi connectivity index (χ0v) is 18.6. The molecule has 2 aromatic rings. The van der Waals surface area contributed by atoms with Gasteiger partial charge in [-0.15, -0.1) is 0 Å². The van der Waals surface area contributed by atoms with Crippen LogP contribution in [0.25, 0.3) is 11.1 Å². The molecule has 2 aliphatic heterocycles. The Balaban J connectivity index is 1.97. The van der Waals surface area contributed by atoms with Crippen LogP contribution in [0.5, 0.6) is 11.5 Å². The minimum absolute atomic E-state index is 0.0745. The van der Waals surface area contributed by atoms with Crippen LogP contribution in [0.1, 0.15) is 22.7 Å². The van der Waals surface area contributed by atoms with Crippen molar-refractivity contribution in [2.75, 3.05) is 33.8 Å². The number of nitrogens with one attached hydrogen (secondary N) is 1. The van der Waals surface area contributed by atoms with E-state index in [-0.39, 0.29) is 30.0 Å². The average molecular weight is 467 g/mol. The zero-order chi connectivity index (χ0) is 24.6. The minimum Gasteiger partial charge on any atom is -0.496 e. The topological polar surface area (TPSA) is 138 Å². The van der Waals surface area contributed by atoms with Crippen molar-refractivity contribution >= 4 is 18.0 Å². The van der Waals surface area contributed by atoms with Gasteiger partial charge in [-0.3, -0.25) is 9.69 Å². The third kappa shape index (κ3) is 3.88. The number of nitriles is 1. The Morgan fingerprint density at radius 3 is 2.65 bits per heavy atom. The number of carbonyl (C=O) groups excluding carboxylic acids is 3. The number of carbonyl (C=O) groups is 3. The van der Waals surface area contributed by atoms with Gasteiger partial charge in [-0.05, 0) is 48.9 Å². The molecular weight excluding hydrogens is 445 g/mol. The fraction of sp³-hybridized carbons (Fsp3) is 0.304. The lowest BCUT2D eigenvalue weighted by atomic mass is 9.83. The van der Waals surface area contributed by atoms with E-state index in [2.05, 4.69) is 5.32 Å². The summed E-state index contributed by atoms with van der Waals surface area (Å²) in [6, 6.07) is 5.79. The summed E-state index contributed by atoms with van der Waals surface area (Å²) < 4.78 is 25.1. The zero-order valence-electron chi connectivity index (χ0n) is 18.6. The van der Waals surface area contributed by atoms with E-state index in [0.717, 1.165) is 4.90 Å². The number of halogens is 1. The fourth-order valence-electron chi connectivity index (χ4n) is 4.39. The van der Waals surface area contributed by atoms with Gasteiger partial charge >= 0.3 is 12.1 Å². The molecule has 0 aliphatic carbocycles. The lowest BCUT2D eigenvalue weighted by molar-refractivity contribution is -0.123. The van der Waals surface area contributed by atoms with Crippen LogP contribution in [0, 0.1) is 17.1 Å². The molecule has 1 fully saturated rings. The molecule has 10 nitrogen and oxygen atoms in total. The molecule has 4 rings (SSSR count). The van der Waals surface area contributed by atoms with Crippen LogP contribution < -0.4 is 20.5 Å². The summed E-state index contributed by atoms with van der Waals surface area (Å²) in [5.41, 5.74) is 7.27. The number of hydrogen-bond donors (Lipinski definition) is 2. The monoisotopic (exact) mass is 467 g/mol. The maximum atomic E-state index is 14.2. The van der Waals surface area contributed by atoms with Crippen LogP contribution in [0.4, 0.5) is 14.0 Å². The lowest BCUT2D eigenvalue weighted by Crippen LogP contribution is -2.41. The molecular formula is C23H22FN5O5. The largest absolute Gasteiger partial charge is 0.496 e. The maximum absolute atomic E-state index is 14.2. The van der Waals surface area contributed by atoms with Gasteiger partial charge < -0.3 is 20.5 Å². The van der Waals surface area contributed by atoms with E-state index in [4.69, 9.17) is 15.2 Å². The molecule has 2 heterocycles. The predicted octanol–water partition coefficient (Wildman–Crippen LogP) is 1.91. The molecule has 11 heteroatoms. The summed E-state index contributed by atoms with van der Waals surface area (Å²) in [6.45, 7) is 0.792. The summed E-state index contributed by atoms with van der Waals surface area (Å²) >= 11 is 0. The van der Waals surface area contributed by atoms with Gasteiger partial charge in [-0.2, -0.15) is 5.26 Å². The second kappa shape index (κ2) is 8.99. The van der Waals surface area contributed by atoms with E-state index in [1.54, 1.807) is 11.9 Å². The van der Waals surface area contributed by atoms with Gasteiger partial charge in [0.2, 0.25) is 5.91 Å². The highest BCUT2D eigenvalue weighted by atomic mass is 19.1. The second-order valence-electron chi connectivity index (χ2n) is 7.94. The quantitative estimate of drug-likeness (QED) is 0.700. The number of amides is 4. The molecule has 1 unspecified atom stereocenters. The first kappa shape index (κ1) is 23.0. The third-order valence-corrected chi connectivity index (χ3v) is 5.97. The SMILES string of the molecule is COc1ccc(F)cc1-c1cc(C#N)c(OC(=O)N2CCNC2=O)c2c1CCN(C)C2C(N)=O. The van der Waals surface area contributed by atoms with Crippen LogP contribution in [0.2, 0.25) is 0 Å². The Bertz CT molecular complexity index is 1240. The van der Waals surface area contributed by atoms with Crippen molar-refractivity contribution in [3.8, 4) is 28.7 Å². The number of urea groups is 1. The van der Waals surface area contributed by atoms with Crippen LogP contribution in [-0.4, -0.2) is 61.6 Å². The maximum Gasteiger partial charge on any atom is 0.423 e. The van der Waals surface area contributed by atoms with Crippen molar-refractivity contribution in [2.45, 2.75) is 12.5 Å². The number of nitrogens with two attached hydrogens (primary N) is 1. The van der Waals surface area contributed by atoms with E-state index in [0.29, 0.717) is 35.4 Å². The lowest BCUT2D eigenvalue weighted by Gasteiger charge is -2.35. The Labute approximate surface area is 194 Å². The van der Waals surface area contributed by atoms with E-state index in [1.165, 1.54) is 31.4 Å². The number of rotatable bonds is 4. The van der Waals surface area contributed by atoms with E-state index < -0.39 is 29.9 Å². The highest BCUT2D eigenvalue weighted by molar-refractivity contribution is 5.94. The molecule has 2 aromatic carbocycles. The van der Waals surface area contributed by atoms with Crippen LogP contribution in [0.15, 0.2) is 24.3 Å². The number of primary amides is 1. The number of ether oxygens (including phenoxy) is 2. The number of methoxy groups -OCH3 is 1. The minimum atomic E-state index is -1.02. The number of fused-ring (bicyclic) bond motifs is 1. The van der Waals surface area contributed by atoms with Crippen LogP contribution in [0.3, 0.4) is 0 Å². The first-order chi connectivity index (χ1) is 16.3. The fourth-order valence-corrected chi connectivity index (χ4v) is 4.39. The molecule has 0 aromatic heterocycles. The van der Waals surface area contributed by atoms with Crippen molar-refractivity contribution in [2.24, 2.45) is 5.73 Å². The molecule has 176 valence electrons. The smallest absolute Gasteiger partial charge is 0.423 e. The Hall–Kier alpha value is -4.17. The molecule has 34 heavy (non-hydrogen) atoms. The standard InChI is InChI=1S/C23H22FN5O5/c1-28-7-5-14-15(16-10-13(24)3-4-17(16)33-2)9-12(11-25)20(18(14)19(28)21(26)30)34-23(32)29-8-6-27-22(29)31/h3-4,9-10,19H,5-8H2,1-2H3,(H2,26,30)(H,27,31). The Morgan fingerprint density at radius 1 is 1.26 bits per heavy atom. The van der Waals surface area contributed by atoms with Crippen molar-refractivity contribution in [3.05, 3.63) is 46.8 Å². The average Bonchev–Trinajstić information content (AvgIpc) is 3.24. The highest BCUT2D eigenvalue weighted by Gasteiger charge is 2.38. The highest BCUT2D eigenvalue weighted by Crippen LogP contribution is 2.45. The van der Waals surface area contributed by atoms with Gasteiger partial charge in [0.25, 0.3) is 0 Å². The summed E-state index contributed by atoms with van der Waals surface area (Å²) in [5.74, 6) is -1.03. The first-order valence-electron chi connectivity index (χ1n) is 10.5. The normalized spacial score (nSPS) is 17.5. The van der Waals surface area contributed by atoms with Crippen molar-refractivity contribution in [1.82, 2.24) is 15.1 Å². The first-order valence-corrected chi connectivity index (χ1v) is 10.5. The van der Waals surface area contributed by atoms with E-state index >= 15 is 0 Å². The Kier molecular flexibility index (Phi) is 6.08. The van der Waals surface area contributed by atoms with Gasteiger partial charge in [-0.25, -0.2) is 18.9 Å². The molecule has 2 aliphatic rings. The van der Waals surface area contributed by atoms with Crippen molar-refractivity contribution in [3.63, 3.8) is 0 Å². The van der Waals surface area contributed by atoms with Gasteiger partial charge in [0.15, 0.2) is 5.75 Å². The molecule has 3 N–H and O–H groups in total. The third-order valence-electron chi connectivity index (χ3n) is 5.97. The van der Waals surface area contributed by atoms with Crippen LogP contribution >= 0.6 is 0 Å². The molecule has 4 amide bonds.